The summed E-state index contributed by atoms with van der Waals surface area (Å²) in [6.45, 7) is 3.73. The first-order valence-electron chi connectivity index (χ1n) is 7.60. The highest BCUT2D eigenvalue weighted by molar-refractivity contribution is 5.81. The fourth-order valence-corrected chi connectivity index (χ4v) is 2.92. The molecule has 0 aromatic carbocycles. The van der Waals surface area contributed by atoms with Crippen molar-refractivity contribution in [2.45, 2.75) is 25.7 Å². The zero-order valence-electron chi connectivity index (χ0n) is 11.9. The molecule has 1 unspecified atom stereocenters. The van der Waals surface area contributed by atoms with E-state index < -0.39 is 0 Å². The van der Waals surface area contributed by atoms with Gasteiger partial charge in [0.05, 0.1) is 5.92 Å². The fraction of sp³-hybridized carbons (Fsp3) is 0.857. The molecule has 2 aliphatic rings. The van der Waals surface area contributed by atoms with E-state index in [1.54, 1.807) is 0 Å². The number of piperidine rings is 1. The summed E-state index contributed by atoms with van der Waals surface area (Å²) in [5.74, 6) is 0.451. The van der Waals surface area contributed by atoms with Gasteiger partial charge in [0.15, 0.2) is 0 Å². The van der Waals surface area contributed by atoms with E-state index in [9.17, 15) is 9.59 Å². The van der Waals surface area contributed by atoms with Crippen LogP contribution in [0.5, 0.6) is 0 Å². The van der Waals surface area contributed by atoms with Crippen molar-refractivity contribution in [3.63, 3.8) is 0 Å². The van der Waals surface area contributed by atoms with Crippen LogP contribution < -0.4 is 10.6 Å². The van der Waals surface area contributed by atoms with Crippen LogP contribution in [0.2, 0.25) is 0 Å². The van der Waals surface area contributed by atoms with Gasteiger partial charge in [-0.1, -0.05) is 0 Å². The average Bonchev–Trinajstić information content (AvgIpc) is 3.01. The quantitative estimate of drug-likeness (QED) is 0.585. The fourth-order valence-electron chi connectivity index (χ4n) is 2.92. The lowest BCUT2D eigenvalue weighted by atomic mass is 9.94. The number of carbonyl (C=O) groups is 2. The molecule has 2 aliphatic heterocycles. The lowest BCUT2D eigenvalue weighted by Gasteiger charge is -2.32. The highest BCUT2D eigenvalue weighted by atomic mass is 16.3. The molecular formula is C14H25N3O3. The third-order valence-electron chi connectivity index (χ3n) is 4.22. The maximum atomic E-state index is 12.2. The molecule has 20 heavy (non-hydrogen) atoms. The third-order valence-corrected chi connectivity index (χ3v) is 4.22. The predicted molar refractivity (Wildman–Crippen MR) is 75.0 cm³/mol. The molecule has 1 atom stereocenters. The summed E-state index contributed by atoms with van der Waals surface area (Å²) < 4.78 is 0. The van der Waals surface area contributed by atoms with Crippen LogP contribution in [0.15, 0.2) is 0 Å². The Balaban J connectivity index is 1.71. The molecule has 6 heteroatoms. The zero-order chi connectivity index (χ0) is 14.4. The van der Waals surface area contributed by atoms with Gasteiger partial charge in [0.2, 0.25) is 11.8 Å². The number of amides is 2. The van der Waals surface area contributed by atoms with Crippen molar-refractivity contribution in [1.82, 2.24) is 15.5 Å². The van der Waals surface area contributed by atoms with Crippen molar-refractivity contribution in [3.05, 3.63) is 0 Å². The summed E-state index contributed by atoms with van der Waals surface area (Å²) in [6.07, 6.45) is 3.02. The molecule has 0 radical (unpaired) electrons. The van der Waals surface area contributed by atoms with Crippen LogP contribution in [0.3, 0.4) is 0 Å². The molecular weight excluding hydrogens is 258 g/mol. The van der Waals surface area contributed by atoms with Crippen LogP contribution >= 0.6 is 0 Å². The zero-order valence-corrected chi connectivity index (χ0v) is 11.9. The number of nitrogens with one attached hydrogen (secondary N) is 2. The molecule has 2 amide bonds. The second-order valence-electron chi connectivity index (χ2n) is 5.66. The van der Waals surface area contributed by atoms with E-state index in [4.69, 9.17) is 5.11 Å². The van der Waals surface area contributed by atoms with Crippen LogP contribution in [-0.2, 0) is 9.59 Å². The van der Waals surface area contributed by atoms with E-state index in [1.165, 1.54) is 0 Å². The van der Waals surface area contributed by atoms with Crippen LogP contribution in [-0.4, -0.2) is 61.2 Å². The van der Waals surface area contributed by atoms with Crippen molar-refractivity contribution in [1.29, 1.82) is 0 Å². The number of likely N-dealkylation sites (tertiary alicyclic amines) is 1. The molecule has 2 heterocycles. The Morgan fingerprint density at radius 3 is 2.55 bits per heavy atom. The number of aliphatic hydroxyl groups is 1. The lowest BCUT2D eigenvalue weighted by molar-refractivity contribution is -0.138. The van der Waals surface area contributed by atoms with Crippen LogP contribution in [0, 0.1) is 11.8 Å². The van der Waals surface area contributed by atoms with Gasteiger partial charge in [0.25, 0.3) is 0 Å². The molecule has 0 bridgehead atoms. The van der Waals surface area contributed by atoms with Gasteiger partial charge in [-0.25, -0.2) is 0 Å². The highest BCUT2D eigenvalue weighted by Gasteiger charge is 2.31. The number of nitrogens with zero attached hydrogens (tertiary/aromatic N) is 1. The van der Waals surface area contributed by atoms with Crippen molar-refractivity contribution < 1.29 is 14.7 Å². The topological polar surface area (TPSA) is 81.7 Å². The Morgan fingerprint density at radius 1 is 1.20 bits per heavy atom. The number of hydrogen-bond acceptors (Lipinski definition) is 4. The van der Waals surface area contributed by atoms with E-state index >= 15 is 0 Å². The summed E-state index contributed by atoms with van der Waals surface area (Å²) >= 11 is 0. The van der Waals surface area contributed by atoms with Gasteiger partial charge in [-0.15, -0.1) is 0 Å². The average molecular weight is 283 g/mol. The first-order chi connectivity index (χ1) is 9.72. The van der Waals surface area contributed by atoms with E-state index in [1.807, 2.05) is 4.90 Å². The van der Waals surface area contributed by atoms with Gasteiger partial charge < -0.3 is 20.6 Å². The van der Waals surface area contributed by atoms with Crippen LogP contribution in [0.4, 0.5) is 0 Å². The van der Waals surface area contributed by atoms with Crippen LogP contribution in [0.25, 0.3) is 0 Å². The number of carbonyl (C=O) groups excluding carboxylic acids is 2. The molecule has 0 spiro atoms. The first-order valence-corrected chi connectivity index (χ1v) is 7.60. The molecule has 6 nitrogen and oxygen atoms in total. The molecule has 0 aromatic rings. The standard InChI is InChI=1S/C14H25N3O3/c18-9-1-5-16-13(19)11-3-7-17(8-4-11)14(20)12-2-6-15-10-12/h11-12,15,18H,1-10H2,(H,16,19). The summed E-state index contributed by atoms with van der Waals surface area (Å²) in [5.41, 5.74) is 0. The van der Waals surface area contributed by atoms with Crippen molar-refractivity contribution in [2.24, 2.45) is 11.8 Å². The van der Waals surface area contributed by atoms with Gasteiger partial charge in [0, 0.05) is 38.7 Å². The molecule has 2 saturated heterocycles. The Labute approximate surface area is 119 Å². The molecule has 114 valence electrons. The van der Waals surface area contributed by atoms with Gasteiger partial charge >= 0.3 is 0 Å². The Morgan fingerprint density at radius 2 is 1.95 bits per heavy atom. The molecule has 0 aliphatic carbocycles. The molecule has 2 fully saturated rings. The maximum absolute atomic E-state index is 12.2. The number of rotatable bonds is 5. The minimum Gasteiger partial charge on any atom is -0.396 e. The summed E-state index contributed by atoms with van der Waals surface area (Å²) in [7, 11) is 0. The normalized spacial score (nSPS) is 23.9. The lowest BCUT2D eigenvalue weighted by Crippen LogP contribution is -2.45. The smallest absolute Gasteiger partial charge is 0.227 e. The first kappa shape index (κ1) is 15.3. The molecule has 3 N–H and O–H groups in total. The second kappa shape index (κ2) is 7.59. The Kier molecular flexibility index (Phi) is 5.79. The number of aliphatic hydroxyl groups excluding tert-OH is 1. The number of hydrogen-bond donors (Lipinski definition) is 3. The largest absolute Gasteiger partial charge is 0.396 e. The predicted octanol–water partition coefficient (Wildman–Crippen LogP) is -0.667. The highest BCUT2D eigenvalue weighted by Crippen LogP contribution is 2.20. The molecule has 2 rings (SSSR count). The van der Waals surface area contributed by atoms with Crippen LogP contribution in [0.1, 0.15) is 25.7 Å². The Hall–Kier alpha value is -1.14. The summed E-state index contributed by atoms with van der Waals surface area (Å²) in [6, 6.07) is 0. The summed E-state index contributed by atoms with van der Waals surface area (Å²) in [5, 5.41) is 14.7. The SMILES string of the molecule is O=C(NCCCO)C1CCN(C(=O)C2CCNC2)CC1. The van der Waals surface area contributed by atoms with E-state index in [0.29, 0.717) is 26.1 Å². The van der Waals surface area contributed by atoms with E-state index in [0.717, 1.165) is 32.4 Å². The summed E-state index contributed by atoms with van der Waals surface area (Å²) in [4.78, 5) is 26.1. The molecule has 0 saturated carbocycles. The maximum Gasteiger partial charge on any atom is 0.227 e. The van der Waals surface area contributed by atoms with Gasteiger partial charge in [-0.05, 0) is 32.2 Å². The monoisotopic (exact) mass is 283 g/mol. The van der Waals surface area contributed by atoms with Crippen molar-refractivity contribution >= 4 is 11.8 Å². The van der Waals surface area contributed by atoms with Gasteiger partial charge in [0.1, 0.15) is 0 Å². The van der Waals surface area contributed by atoms with E-state index in [-0.39, 0.29) is 30.3 Å². The second-order valence-corrected chi connectivity index (χ2v) is 5.66. The third kappa shape index (κ3) is 3.93. The van der Waals surface area contributed by atoms with Crippen molar-refractivity contribution in [3.8, 4) is 0 Å². The Bertz CT molecular complexity index is 335. The minimum absolute atomic E-state index is 0.0134. The molecule has 0 aromatic heterocycles. The van der Waals surface area contributed by atoms with Gasteiger partial charge in [-0.2, -0.15) is 0 Å². The van der Waals surface area contributed by atoms with E-state index in [2.05, 4.69) is 10.6 Å². The van der Waals surface area contributed by atoms with Crippen molar-refractivity contribution in [2.75, 3.05) is 39.3 Å². The van der Waals surface area contributed by atoms with Gasteiger partial charge in [-0.3, -0.25) is 9.59 Å². The minimum atomic E-state index is 0.0134.